The van der Waals surface area contributed by atoms with Gasteiger partial charge < -0.3 is 26.0 Å². The number of carbonyl (C=O) groups excluding carboxylic acids is 2. The second-order valence-electron chi connectivity index (χ2n) is 7.75. The number of nitrogens with zero attached hydrogens (tertiary/aromatic N) is 1. The molecule has 0 unspecified atom stereocenters. The summed E-state index contributed by atoms with van der Waals surface area (Å²) in [5.74, 6) is -1.90. The molecule has 0 radical (unpaired) electrons. The van der Waals surface area contributed by atoms with E-state index in [1.807, 2.05) is 18.4 Å². The summed E-state index contributed by atoms with van der Waals surface area (Å²) in [6.45, 7) is 1.37. The Hall–Kier alpha value is -2.36. The minimum absolute atomic E-state index is 0.176. The van der Waals surface area contributed by atoms with Crippen LogP contribution in [-0.2, 0) is 14.4 Å². The first kappa shape index (κ1) is 25.3. The second-order valence-corrected chi connectivity index (χ2v) is 9.35. The molecule has 4 N–H and O–H groups in total. The summed E-state index contributed by atoms with van der Waals surface area (Å²) in [7, 11) is 0. The number of likely N-dealkylation sites (tertiary alicyclic amines) is 1. The van der Waals surface area contributed by atoms with Gasteiger partial charge >= 0.3 is 5.97 Å². The number of amides is 2. The Morgan fingerprint density at radius 1 is 1.27 bits per heavy atom. The second kappa shape index (κ2) is 11.7. The molecule has 2 aliphatic heterocycles. The first-order valence-electron chi connectivity index (χ1n) is 10.5. The minimum atomic E-state index is -1.08. The van der Waals surface area contributed by atoms with Crippen molar-refractivity contribution in [3.05, 3.63) is 45.7 Å². The summed E-state index contributed by atoms with van der Waals surface area (Å²) in [4.78, 5) is 39.3. The van der Waals surface area contributed by atoms with Crippen LogP contribution in [0.1, 0.15) is 24.8 Å². The summed E-state index contributed by atoms with van der Waals surface area (Å²) >= 11 is 14.0. The lowest BCUT2D eigenvalue weighted by Crippen LogP contribution is -2.47. The molecular formula is C22H26Cl2N4O4S. The fraction of sp³-hybridized carbons (Fsp3) is 0.409. The van der Waals surface area contributed by atoms with Crippen molar-refractivity contribution in [2.45, 2.75) is 30.2 Å². The Morgan fingerprint density at radius 2 is 2.00 bits per heavy atom. The van der Waals surface area contributed by atoms with Gasteiger partial charge in [0.15, 0.2) is 0 Å². The average Bonchev–Trinajstić information content (AvgIpc) is 3.32. The van der Waals surface area contributed by atoms with E-state index in [4.69, 9.17) is 23.2 Å². The Bertz CT molecular complexity index is 977. The summed E-state index contributed by atoms with van der Waals surface area (Å²) in [5.41, 5.74) is 1.39. The zero-order valence-corrected chi connectivity index (χ0v) is 20.4. The highest BCUT2D eigenvalue weighted by Crippen LogP contribution is 2.35. The van der Waals surface area contributed by atoms with Crippen molar-refractivity contribution in [1.29, 1.82) is 0 Å². The molecule has 0 bridgehead atoms. The number of piperidine rings is 1. The number of carboxylic acid groups (broad SMARTS) is 1. The highest BCUT2D eigenvalue weighted by Gasteiger charge is 2.30. The Morgan fingerprint density at radius 3 is 2.61 bits per heavy atom. The molecule has 1 atom stereocenters. The van der Waals surface area contributed by atoms with Crippen LogP contribution in [0, 0.1) is 5.92 Å². The first-order chi connectivity index (χ1) is 15.8. The van der Waals surface area contributed by atoms with E-state index in [9.17, 15) is 19.5 Å². The number of hydrogen-bond donors (Lipinski definition) is 4. The monoisotopic (exact) mass is 512 g/mol. The Labute approximate surface area is 206 Å². The number of hydrogen-bond acceptors (Lipinski definition) is 6. The Balaban J connectivity index is 1.52. The van der Waals surface area contributed by atoms with Crippen molar-refractivity contribution in [3.8, 4) is 0 Å². The molecule has 1 aromatic rings. The maximum Gasteiger partial charge on any atom is 0.326 e. The number of benzene rings is 1. The average molecular weight is 513 g/mol. The number of carbonyl (C=O) groups is 3. The molecular weight excluding hydrogens is 487 g/mol. The van der Waals surface area contributed by atoms with Gasteiger partial charge in [-0.3, -0.25) is 9.59 Å². The van der Waals surface area contributed by atoms with E-state index in [2.05, 4.69) is 16.0 Å². The topological polar surface area (TPSA) is 111 Å². The number of rotatable bonds is 8. The van der Waals surface area contributed by atoms with Gasteiger partial charge in [-0.25, -0.2) is 4.79 Å². The van der Waals surface area contributed by atoms with Gasteiger partial charge in [-0.2, -0.15) is 0 Å². The van der Waals surface area contributed by atoms with Crippen molar-refractivity contribution in [1.82, 2.24) is 20.9 Å². The normalized spacial score (nSPS) is 17.3. The summed E-state index contributed by atoms with van der Waals surface area (Å²) in [5, 5.41) is 18.9. The molecule has 0 saturated carbocycles. The predicted molar refractivity (Wildman–Crippen MR) is 130 cm³/mol. The largest absolute Gasteiger partial charge is 0.480 e. The zero-order valence-electron chi connectivity index (χ0n) is 18.1. The van der Waals surface area contributed by atoms with Crippen LogP contribution in [0.15, 0.2) is 35.0 Å². The van der Waals surface area contributed by atoms with E-state index in [0.29, 0.717) is 48.2 Å². The van der Waals surface area contributed by atoms with Gasteiger partial charge in [0.05, 0.1) is 16.7 Å². The van der Waals surface area contributed by atoms with E-state index in [1.54, 1.807) is 17.2 Å². The third-order valence-corrected chi connectivity index (χ3v) is 7.40. The molecule has 3 rings (SSSR count). The SMILES string of the molecule is CSc1ccc(/C=C/C(=O)N2CCC(C(=O)N[C@@H](CC3=CNCN3)C(=O)O)CC2)c(Cl)c1Cl. The van der Waals surface area contributed by atoms with E-state index in [-0.39, 0.29) is 24.2 Å². The van der Waals surface area contributed by atoms with Crippen molar-refractivity contribution < 1.29 is 19.5 Å². The van der Waals surface area contributed by atoms with E-state index in [0.717, 1.165) is 10.6 Å². The number of nitrogens with one attached hydrogen (secondary N) is 3. The van der Waals surface area contributed by atoms with Crippen LogP contribution in [0.2, 0.25) is 10.0 Å². The van der Waals surface area contributed by atoms with Crippen LogP contribution in [0.3, 0.4) is 0 Å². The van der Waals surface area contributed by atoms with Crippen LogP contribution in [-0.4, -0.2) is 59.8 Å². The number of halogens is 2. The predicted octanol–water partition coefficient (Wildman–Crippen LogP) is 2.92. The van der Waals surface area contributed by atoms with E-state index >= 15 is 0 Å². The van der Waals surface area contributed by atoms with Crippen LogP contribution < -0.4 is 16.0 Å². The lowest BCUT2D eigenvalue weighted by molar-refractivity contribution is -0.142. The summed E-state index contributed by atoms with van der Waals surface area (Å²) < 4.78 is 0. The van der Waals surface area contributed by atoms with E-state index < -0.39 is 12.0 Å². The molecule has 2 amide bonds. The molecule has 0 spiro atoms. The van der Waals surface area contributed by atoms with Crippen molar-refractivity contribution in [2.24, 2.45) is 5.92 Å². The number of aliphatic carboxylic acids is 1. The van der Waals surface area contributed by atoms with Crippen molar-refractivity contribution in [2.75, 3.05) is 26.0 Å². The van der Waals surface area contributed by atoms with Gasteiger partial charge in [-0.05, 0) is 36.8 Å². The molecule has 33 heavy (non-hydrogen) atoms. The van der Waals surface area contributed by atoms with Crippen LogP contribution >= 0.6 is 35.0 Å². The lowest BCUT2D eigenvalue weighted by Gasteiger charge is -2.31. The maximum absolute atomic E-state index is 12.6. The van der Waals surface area contributed by atoms with Gasteiger partial charge in [-0.1, -0.05) is 29.3 Å². The van der Waals surface area contributed by atoms with Crippen LogP contribution in [0.25, 0.3) is 6.08 Å². The molecule has 1 aromatic carbocycles. The third kappa shape index (κ3) is 6.59. The van der Waals surface area contributed by atoms with Crippen molar-refractivity contribution in [3.63, 3.8) is 0 Å². The molecule has 178 valence electrons. The molecule has 2 heterocycles. The molecule has 8 nitrogen and oxygen atoms in total. The van der Waals surface area contributed by atoms with Gasteiger partial charge in [-0.15, -0.1) is 11.8 Å². The van der Waals surface area contributed by atoms with Gasteiger partial charge in [0.1, 0.15) is 6.04 Å². The van der Waals surface area contributed by atoms with Gasteiger partial charge in [0, 0.05) is 48.3 Å². The molecule has 11 heteroatoms. The smallest absolute Gasteiger partial charge is 0.326 e. The van der Waals surface area contributed by atoms with Gasteiger partial charge in [0.25, 0.3) is 0 Å². The Kier molecular flexibility index (Phi) is 8.94. The highest BCUT2D eigenvalue weighted by atomic mass is 35.5. The standard InChI is InChI=1S/C22H26Cl2N4O4S/c1-33-17-4-2-13(19(23)20(17)24)3-5-18(29)28-8-6-14(7-9-28)21(30)27-16(22(31)32)10-15-11-25-12-26-15/h2-5,11,14,16,25-26H,6-10,12H2,1H3,(H,27,30)(H,31,32)/b5-3+/t16-/m0/s1. The van der Waals surface area contributed by atoms with Crippen molar-refractivity contribution >= 4 is 58.8 Å². The lowest BCUT2D eigenvalue weighted by atomic mass is 9.95. The van der Waals surface area contributed by atoms with Gasteiger partial charge in [0.2, 0.25) is 11.8 Å². The zero-order chi connectivity index (χ0) is 24.0. The molecule has 1 fully saturated rings. The first-order valence-corrected chi connectivity index (χ1v) is 12.5. The van der Waals surface area contributed by atoms with Crippen LogP contribution in [0.5, 0.6) is 0 Å². The molecule has 0 aliphatic carbocycles. The highest BCUT2D eigenvalue weighted by molar-refractivity contribution is 7.98. The quantitative estimate of drug-likeness (QED) is 0.313. The van der Waals surface area contributed by atoms with E-state index in [1.165, 1.54) is 17.8 Å². The summed E-state index contributed by atoms with van der Waals surface area (Å²) in [6, 6.07) is 2.66. The fourth-order valence-corrected chi connectivity index (χ4v) is 4.86. The minimum Gasteiger partial charge on any atom is -0.480 e. The van der Waals surface area contributed by atoms with Crippen LogP contribution in [0.4, 0.5) is 0 Å². The number of thioether (sulfide) groups is 1. The summed E-state index contributed by atoms with van der Waals surface area (Å²) in [6.07, 6.45) is 7.82. The molecule has 1 saturated heterocycles. The third-order valence-electron chi connectivity index (χ3n) is 5.61. The number of carboxylic acids is 1. The fourth-order valence-electron chi connectivity index (χ4n) is 3.69. The molecule has 2 aliphatic rings. The maximum atomic E-state index is 12.6. The molecule has 0 aromatic heterocycles.